The quantitative estimate of drug-likeness (QED) is 0.800. The minimum absolute atomic E-state index is 0.0528. The summed E-state index contributed by atoms with van der Waals surface area (Å²) in [6, 6.07) is 15.7. The summed E-state index contributed by atoms with van der Waals surface area (Å²) in [7, 11) is 3.31. The molecule has 1 saturated heterocycles. The van der Waals surface area contributed by atoms with Crippen LogP contribution in [-0.4, -0.2) is 14.2 Å². The van der Waals surface area contributed by atoms with Gasteiger partial charge in [-0.2, -0.15) is 0 Å². The number of rotatable bonds is 4. The summed E-state index contributed by atoms with van der Waals surface area (Å²) in [6.45, 7) is 0. The Labute approximate surface area is 124 Å². The average molecular weight is 286 g/mol. The zero-order chi connectivity index (χ0) is 14.7. The van der Waals surface area contributed by atoms with Gasteiger partial charge in [-0.25, -0.2) is 9.78 Å². The molecule has 0 unspecified atom stereocenters. The van der Waals surface area contributed by atoms with E-state index in [2.05, 4.69) is 0 Å². The highest BCUT2D eigenvalue weighted by Gasteiger charge is 2.29. The molecule has 0 N–H and O–H groups in total. The van der Waals surface area contributed by atoms with Crippen LogP contribution in [0.1, 0.15) is 29.8 Å². The van der Waals surface area contributed by atoms with Gasteiger partial charge in [0, 0.05) is 6.42 Å². The first-order valence-corrected chi connectivity index (χ1v) is 6.90. The second-order valence-corrected chi connectivity index (χ2v) is 4.95. The number of hydrogen-bond acceptors (Lipinski definition) is 4. The zero-order valence-corrected chi connectivity index (χ0v) is 12.1. The third kappa shape index (κ3) is 3.01. The van der Waals surface area contributed by atoms with Gasteiger partial charge in [0.05, 0.1) is 14.2 Å². The van der Waals surface area contributed by atoms with E-state index in [1.807, 2.05) is 48.5 Å². The molecule has 4 nitrogen and oxygen atoms in total. The normalized spacial score (nSPS) is 21.2. The van der Waals surface area contributed by atoms with E-state index in [0.29, 0.717) is 0 Å². The molecule has 0 amide bonds. The second kappa shape index (κ2) is 6.16. The van der Waals surface area contributed by atoms with Gasteiger partial charge in [-0.05, 0) is 35.4 Å². The Kier molecular flexibility index (Phi) is 4.08. The molecule has 1 aliphatic heterocycles. The van der Waals surface area contributed by atoms with Crippen molar-refractivity contribution in [3.05, 3.63) is 59.7 Å². The van der Waals surface area contributed by atoms with Crippen LogP contribution >= 0.6 is 0 Å². The van der Waals surface area contributed by atoms with Crippen molar-refractivity contribution in [1.82, 2.24) is 0 Å². The van der Waals surface area contributed by atoms with Crippen LogP contribution in [0.2, 0.25) is 0 Å². The highest BCUT2D eigenvalue weighted by Crippen LogP contribution is 2.39. The molecule has 0 saturated carbocycles. The zero-order valence-electron chi connectivity index (χ0n) is 12.1. The first-order valence-electron chi connectivity index (χ1n) is 6.90. The maximum absolute atomic E-state index is 5.46. The van der Waals surface area contributed by atoms with Crippen molar-refractivity contribution in [2.75, 3.05) is 14.2 Å². The first kappa shape index (κ1) is 13.9. The minimum atomic E-state index is -0.0528. The number of benzene rings is 2. The van der Waals surface area contributed by atoms with Crippen LogP contribution < -0.4 is 9.47 Å². The summed E-state index contributed by atoms with van der Waals surface area (Å²) in [5.41, 5.74) is 2.18. The van der Waals surface area contributed by atoms with Crippen molar-refractivity contribution in [2.24, 2.45) is 0 Å². The maximum Gasteiger partial charge on any atom is 0.121 e. The number of ether oxygens (including phenoxy) is 2. The van der Waals surface area contributed by atoms with Crippen molar-refractivity contribution < 1.29 is 19.2 Å². The summed E-state index contributed by atoms with van der Waals surface area (Å²) < 4.78 is 10.3. The predicted octanol–water partition coefficient (Wildman–Crippen LogP) is 3.84. The Hall–Kier alpha value is -2.04. The lowest BCUT2D eigenvalue weighted by Crippen LogP contribution is -1.97. The van der Waals surface area contributed by atoms with Crippen molar-refractivity contribution >= 4 is 0 Å². The highest BCUT2D eigenvalue weighted by molar-refractivity contribution is 5.31. The Morgan fingerprint density at radius 3 is 1.43 bits per heavy atom. The van der Waals surface area contributed by atoms with E-state index in [9.17, 15) is 0 Å². The molecular formula is C17H18O4. The van der Waals surface area contributed by atoms with Gasteiger partial charge in [0.1, 0.15) is 23.7 Å². The third-order valence-electron chi connectivity index (χ3n) is 3.69. The lowest BCUT2D eigenvalue weighted by atomic mass is 9.99. The van der Waals surface area contributed by atoms with E-state index >= 15 is 0 Å². The Morgan fingerprint density at radius 2 is 1.10 bits per heavy atom. The van der Waals surface area contributed by atoms with E-state index in [1.165, 1.54) is 0 Å². The van der Waals surface area contributed by atoms with Crippen LogP contribution in [0.3, 0.4) is 0 Å². The molecule has 3 rings (SSSR count). The topological polar surface area (TPSA) is 36.9 Å². The van der Waals surface area contributed by atoms with Crippen LogP contribution in [-0.2, 0) is 9.78 Å². The lowest BCUT2D eigenvalue weighted by Gasteiger charge is -2.08. The molecule has 0 aliphatic carbocycles. The molecule has 1 fully saturated rings. The van der Waals surface area contributed by atoms with E-state index in [-0.39, 0.29) is 12.2 Å². The maximum atomic E-state index is 5.46. The Balaban J connectivity index is 1.68. The van der Waals surface area contributed by atoms with Crippen LogP contribution in [0.15, 0.2) is 48.5 Å². The van der Waals surface area contributed by atoms with Crippen LogP contribution in [0, 0.1) is 0 Å². The lowest BCUT2D eigenvalue weighted by molar-refractivity contribution is -0.300. The molecule has 0 bridgehead atoms. The van der Waals surface area contributed by atoms with Crippen molar-refractivity contribution in [2.45, 2.75) is 18.6 Å². The minimum Gasteiger partial charge on any atom is -0.497 e. The molecule has 2 aromatic carbocycles. The van der Waals surface area contributed by atoms with Gasteiger partial charge in [-0.3, -0.25) is 0 Å². The average Bonchev–Trinajstić information content (AvgIpc) is 3.05. The molecule has 0 radical (unpaired) electrons. The summed E-state index contributed by atoms with van der Waals surface area (Å²) >= 11 is 0. The summed E-state index contributed by atoms with van der Waals surface area (Å²) in [5, 5.41) is 0. The molecule has 1 heterocycles. The number of methoxy groups -OCH3 is 2. The SMILES string of the molecule is COc1ccc([C@@H]2C[C@@H](c3ccc(OC)cc3)OO2)cc1. The van der Waals surface area contributed by atoms with E-state index in [4.69, 9.17) is 19.2 Å². The molecule has 110 valence electrons. The van der Waals surface area contributed by atoms with Crippen molar-refractivity contribution in [3.63, 3.8) is 0 Å². The molecular weight excluding hydrogens is 268 g/mol. The molecule has 0 aromatic heterocycles. The smallest absolute Gasteiger partial charge is 0.121 e. The standard InChI is InChI=1S/C17H18O4/c1-18-14-7-3-12(4-8-14)16-11-17(21-20-16)13-5-9-15(19-2)10-6-13/h3-10,16-17H,11H2,1-2H3/t16-,17-/m0/s1. The number of hydrogen-bond donors (Lipinski definition) is 0. The fourth-order valence-corrected chi connectivity index (χ4v) is 2.43. The molecule has 4 heteroatoms. The van der Waals surface area contributed by atoms with Crippen LogP contribution in [0.5, 0.6) is 11.5 Å². The van der Waals surface area contributed by atoms with Gasteiger partial charge in [0.2, 0.25) is 0 Å². The van der Waals surface area contributed by atoms with Gasteiger partial charge in [-0.1, -0.05) is 24.3 Å². The predicted molar refractivity (Wildman–Crippen MR) is 78.3 cm³/mol. The van der Waals surface area contributed by atoms with Crippen molar-refractivity contribution in [3.8, 4) is 11.5 Å². The van der Waals surface area contributed by atoms with Crippen LogP contribution in [0.25, 0.3) is 0 Å². The second-order valence-electron chi connectivity index (χ2n) is 4.95. The van der Waals surface area contributed by atoms with Gasteiger partial charge in [0.15, 0.2) is 0 Å². The molecule has 0 spiro atoms. The van der Waals surface area contributed by atoms with Gasteiger partial charge < -0.3 is 9.47 Å². The molecule has 2 aromatic rings. The summed E-state index contributed by atoms with van der Waals surface area (Å²) in [5.74, 6) is 1.67. The van der Waals surface area contributed by atoms with E-state index in [0.717, 1.165) is 29.0 Å². The fourth-order valence-electron chi connectivity index (χ4n) is 2.43. The summed E-state index contributed by atoms with van der Waals surface area (Å²) in [4.78, 5) is 10.9. The van der Waals surface area contributed by atoms with Gasteiger partial charge in [0.25, 0.3) is 0 Å². The third-order valence-corrected chi connectivity index (χ3v) is 3.69. The monoisotopic (exact) mass is 286 g/mol. The van der Waals surface area contributed by atoms with Gasteiger partial charge in [-0.15, -0.1) is 0 Å². The highest BCUT2D eigenvalue weighted by atomic mass is 17.2. The Morgan fingerprint density at radius 1 is 0.714 bits per heavy atom. The molecule has 1 aliphatic rings. The van der Waals surface area contributed by atoms with Gasteiger partial charge >= 0.3 is 0 Å². The van der Waals surface area contributed by atoms with Crippen molar-refractivity contribution in [1.29, 1.82) is 0 Å². The van der Waals surface area contributed by atoms with Crippen LogP contribution in [0.4, 0.5) is 0 Å². The summed E-state index contributed by atoms with van der Waals surface area (Å²) in [6.07, 6.45) is 0.685. The fraction of sp³-hybridized carbons (Fsp3) is 0.294. The van der Waals surface area contributed by atoms with E-state index in [1.54, 1.807) is 14.2 Å². The largest absolute Gasteiger partial charge is 0.497 e. The Bertz CT molecular complexity index is 523. The molecule has 2 atom stereocenters. The van der Waals surface area contributed by atoms with E-state index < -0.39 is 0 Å². The first-order chi connectivity index (χ1) is 10.3. The molecule has 21 heavy (non-hydrogen) atoms.